The molecule has 2 heterocycles. The van der Waals surface area contributed by atoms with Crippen molar-refractivity contribution < 1.29 is 4.74 Å². The maximum atomic E-state index is 5.28. The lowest BCUT2D eigenvalue weighted by atomic mass is 9.97. The first-order chi connectivity index (χ1) is 8.35. The zero-order valence-electron chi connectivity index (χ0n) is 10.4. The minimum Gasteiger partial charge on any atom is -0.497 e. The van der Waals surface area contributed by atoms with Crippen molar-refractivity contribution in [2.24, 2.45) is 0 Å². The van der Waals surface area contributed by atoms with E-state index in [1.54, 1.807) is 7.11 Å². The zero-order chi connectivity index (χ0) is 11.7. The molecule has 0 radical (unpaired) electrons. The summed E-state index contributed by atoms with van der Waals surface area (Å²) in [5.41, 5.74) is 2.69. The second-order valence-electron chi connectivity index (χ2n) is 5.06. The highest BCUT2D eigenvalue weighted by molar-refractivity contribution is 5.57. The topological polar surface area (TPSA) is 24.5 Å². The van der Waals surface area contributed by atoms with E-state index in [4.69, 9.17) is 4.74 Å². The van der Waals surface area contributed by atoms with Crippen molar-refractivity contribution in [3.63, 3.8) is 0 Å². The smallest absolute Gasteiger partial charge is 0.120 e. The van der Waals surface area contributed by atoms with Crippen LogP contribution >= 0.6 is 0 Å². The average molecular weight is 232 g/mol. The molecule has 1 aromatic rings. The molecule has 2 aliphatic heterocycles. The SMILES string of the molecule is COc1ccc2c(c1)NC(CN1CCC1)CC2. The molecule has 1 aromatic carbocycles. The van der Waals surface area contributed by atoms with E-state index < -0.39 is 0 Å². The molecule has 3 heteroatoms. The molecule has 0 aromatic heterocycles. The number of benzene rings is 1. The number of hydrogen-bond donors (Lipinski definition) is 1. The van der Waals surface area contributed by atoms with Crippen LogP contribution in [0.5, 0.6) is 5.75 Å². The van der Waals surface area contributed by atoms with E-state index in [2.05, 4.69) is 28.4 Å². The number of nitrogens with one attached hydrogen (secondary N) is 1. The molecule has 0 aliphatic carbocycles. The van der Waals surface area contributed by atoms with Gasteiger partial charge in [0, 0.05) is 24.3 Å². The van der Waals surface area contributed by atoms with E-state index in [9.17, 15) is 0 Å². The Morgan fingerprint density at radius 2 is 2.29 bits per heavy atom. The Balaban J connectivity index is 1.69. The third-order valence-electron chi connectivity index (χ3n) is 3.87. The van der Waals surface area contributed by atoms with E-state index in [0.29, 0.717) is 6.04 Å². The molecule has 0 bridgehead atoms. The molecule has 0 amide bonds. The standard InChI is InChI=1S/C14H20N2O/c1-17-13-6-4-11-3-5-12(15-14(11)9-13)10-16-7-2-8-16/h4,6,9,12,15H,2-3,5,7-8,10H2,1H3. The molecule has 3 rings (SSSR count). The zero-order valence-corrected chi connectivity index (χ0v) is 10.4. The monoisotopic (exact) mass is 232 g/mol. The van der Waals surface area contributed by atoms with Gasteiger partial charge in [0.15, 0.2) is 0 Å². The van der Waals surface area contributed by atoms with Gasteiger partial charge in [0.25, 0.3) is 0 Å². The summed E-state index contributed by atoms with van der Waals surface area (Å²) in [6.07, 6.45) is 3.80. The molecular formula is C14H20N2O. The number of nitrogens with zero attached hydrogens (tertiary/aromatic N) is 1. The van der Waals surface area contributed by atoms with E-state index in [-0.39, 0.29) is 0 Å². The molecule has 1 fully saturated rings. The van der Waals surface area contributed by atoms with Crippen LogP contribution in [0.15, 0.2) is 18.2 Å². The molecule has 0 saturated carbocycles. The number of hydrogen-bond acceptors (Lipinski definition) is 3. The van der Waals surface area contributed by atoms with Crippen molar-refractivity contribution in [2.45, 2.75) is 25.3 Å². The molecule has 1 atom stereocenters. The summed E-state index contributed by atoms with van der Waals surface area (Å²) >= 11 is 0. The highest BCUT2D eigenvalue weighted by Gasteiger charge is 2.22. The third kappa shape index (κ3) is 2.25. The first-order valence-electron chi connectivity index (χ1n) is 6.51. The van der Waals surface area contributed by atoms with Gasteiger partial charge in [-0.1, -0.05) is 6.07 Å². The first kappa shape index (κ1) is 10.9. The van der Waals surface area contributed by atoms with Gasteiger partial charge in [0.1, 0.15) is 5.75 Å². The normalized spacial score (nSPS) is 23.5. The Labute approximate surface area is 103 Å². The fourth-order valence-corrected chi connectivity index (χ4v) is 2.67. The summed E-state index contributed by atoms with van der Waals surface area (Å²) in [7, 11) is 1.72. The van der Waals surface area contributed by atoms with Crippen molar-refractivity contribution in [3.8, 4) is 5.75 Å². The highest BCUT2D eigenvalue weighted by atomic mass is 16.5. The van der Waals surface area contributed by atoms with Crippen LogP contribution in [0, 0.1) is 0 Å². The summed E-state index contributed by atoms with van der Waals surface area (Å²) in [5, 5.41) is 3.65. The first-order valence-corrected chi connectivity index (χ1v) is 6.51. The number of likely N-dealkylation sites (tertiary alicyclic amines) is 1. The largest absolute Gasteiger partial charge is 0.497 e. The van der Waals surface area contributed by atoms with Gasteiger partial charge in [0.05, 0.1) is 7.11 Å². The van der Waals surface area contributed by atoms with Crippen LogP contribution in [-0.4, -0.2) is 37.7 Å². The van der Waals surface area contributed by atoms with Crippen LogP contribution in [-0.2, 0) is 6.42 Å². The molecule has 1 saturated heterocycles. The van der Waals surface area contributed by atoms with Gasteiger partial charge in [0.2, 0.25) is 0 Å². The lowest BCUT2D eigenvalue weighted by Gasteiger charge is -2.36. The Morgan fingerprint density at radius 3 is 3.00 bits per heavy atom. The molecule has 2 aliphatic rings. The maximum absolute atomic E-state index is 5.28. The molecule has 92 valence electrons. The molecule has 0 spiro atoms. The van der Waals surface area contributed by atoms with Gasteiger partial charge >= 0.3 is 0 Å². The molecule has 17 heavy (non-hydrogen) atoms. The molecule has 3 nitrogen and oxygen atoms in total. The van der Waals surface area contributed by atoms with Gasteiger partial charge in [-0.15, -0.1) is 0 Å². The van der Waals surface area contributed by atoms with Gasteiger partial charge in [-0.2, -0.15) is 0 Å². The van der Waals surface area contributed by atoms with Crippen LogP contribution < -0.4 is 10.1 Å². The van der Waals surface area contributed by atoms with Crippen LogP contribution in [0.1, 0.15) is 18.4 Å². The lowest BCUT2D eigenvalue weighted by Crippen LogP contribution is -2.45. The van der Waals surface area contributed by atoms with Gasteiger partial charge < -0.3 is 15.0 Å². The van der Waals surface area contributed by atoms with Crippen molar-refractivity contribution in [3.05, 3.63) is 23.8 Å². The predicted molar refractivity (Wildman–Crippen MR) is 69.8 cm³/mol. The minimum absolute atomic E-state index is 0.606. The number of fused-ring (bicyclic) bond motifs is 1. The lowest BCUT2D eigenvalue weighted by molar-refractivity contribution is 0.171. The molecular weight excluding hydrogens is 212 g/mol. The Hall–Kier alpha value is -1.22. The number of ether oxygens (including phenoxy) is 1. The van der Waals surface area contributed by atoms with Gasteiger partial charge in [-0.3, -0.25) is 0 Å². The van der Waals surface area contributed by atoms with Crippen LogP contribution in [0.25, 0.3) is 0 Å². The Kier molecular flexibility index (Phi) is 2.93. The third-order valence-corrected chi connectivity index (χ3v) is 3.87. The van der Waals surface area contributed by atoms with Gasteiger partial charge in [-0.05, 0) is 44.0 Å². The molecule has 1 unspecified atom stereocenters. The average Bonchev–Trinajstić information content (AvgIpc) is 2.33. The highest BCUT2D eigenvalue weighted by Crippen LogP contribution is 2.29. The van der Waals surface area contributed by atoms with Gasteiger partial charge in [-0.25, -0.2) is 0 Å². The van der Waals surface area contributed by atoms with Crippen molar-refractivity contribution in [1.82, 2.24) is 4.90 Å². The number of aryl methyl sites for hydroxylation is 1. The maximum Gasteiger partial charge on any atom is 0.120 e. The Morgan fingerprint density at radius 1 is 1.41 bits per heavy atom. The number of anilines is 1. The van der Waals surface area contributed by atoms with Crippen LogP contribution in [0.2, 0.25) is 0 Å². The van der Waals surface area contributed by atoms with E-state index in [0.717, 1.165) is 5.75 Å². The summed E-state index contributed by atoms with van der Waals surface area (Å²) in [6, 6.07) is 6.96. The van der Waals surface area contributed by atoms with Crippen molar-refractivity contribution in [1.29, 1.82) is 0 Å². The summed E-state index contributed by atoms with van der Waals surface area (Å²) < 4.78 is 5.28. The van der Waals surface area contributed by atoms with E-state index in [1.807, 2.05) is 0 Å². The quantitative estimate of drug-likeness (QED) is 0.864. The molecule has 1 N–H and O–H groups in total. The number of rotatable bonds is 3. The number of methoxy groups -OCH3 is 1. The van der Waals surface area contributed by atoms with Crippen molar-refractivity contribution >= 4 is 5.69 Å². The second-order valence-corrected chi connectivity index (χ2v) is 5.06. The second kappa shape index (κ2) is 4.57. The van der Waals surface area contributed by atoms with Crippen LogP contribution in [0.3, 0.4) is 0 Å². The van der Waals surface area contributed by atoms with E-state index >= 15 is 0 Å². The van der Waals surface area contributed by atoms with E-state index in [1.165, 1.54) is 50.1 Å². The predicted octanol–water partition coefficient (Wildman–Crippen LogP) is 2.13. The summed E-state index contributed by atoms with van der Waals surface area (Å²) in [6.45, 7) is 3.75. The summed E-state index contributed by atoms with van der Waals surface area (Å²) in [4.78, 5) is 2.53. The van der Waals surface area contributed by atoms with Crippen molar-refractivity contribution in [2.75, 3.05) is 32.1 Å². The minimum atomic E-state index is 0.606. The fraction of sp³-hybridized carbons (Fsp3) is 0.571. The Bertz CT molecular complexity index is 401. The van der Waals surface area contributed by atoms with Crippen LogP contribution in [0.4, 0.5) is 5.69 Å². The fourth-order valence-electron chi connectivity index (χ4n) is 2.67. The summed E-state index contributed by atoms with van der Waals surface area (Å²) in [5.74, 6) is 0.945.